The number of nitrogens with one attached hydrogen (secondary N) is 2. The van der Waals surface area contributed by atoms with Crippen LogP contribution in [0.5, 0.6) is 0 Å². The molecule has 2 N–H and O–H groups in total. The Labute approximate surface area is 141 Å². The smallest absolute Gasteiger partial charge is 0.272 e. The molecule has 2 aromatic rings. The van der Waals surface area contributed by atoms with Crippen LogP contribution in [0.4, 0.5) is 4.39 Å². The van der Waals surface area contributed by atoms with Crippen molar-refractivity contribution in [3.63, 3.8) is 0 Å². The highest BCUT2D eigenvalue weighted by Crippen LogP contribution is 2.24. The Morgan fingerprint density at radius 3 is 2.96 bits per heavy atom. The van der Waals surface area contributed by atoms with E-state index in [0.29, 0.717) is 17.3 Å². The molecule has 0 radical (unpaired) electrons. The predicted octanol–water partition coefficient (Wildman–Crippen LogP) is 1.96. The molecule has 1 amide bonds. The molecule has 0 aliphatic heterocycles. The summed E-state index contributed by atoms with van der Waals surface area (Å²) >= 11 is 0. The van der Waals surface area contributed by atoms with E-state index in [1.165, 1.54) is 6.07 Å². The lowest BCUT2D eigenvalue weighted by molar-refractivity contribution is 0.0944. The zero-order chi connectivity index (χ0) is 17.1. The standard InChI is InChI=1S/C18H23FN4O/c1-3-20-13-8-9-16-14(10-13)17(22-23(16)2)18(24)21-11-12-6-4-5-7-15(12)19/h4-7,13,20H,3,8-11H2,1-2H3,(H,21,24). The van der Waals surface area contributed by atoms with Gasteiger partial charge in [0.15, 0.2) is 5.69 Å². The Balaban J connectivity index is 1.75. The van der Waals surface area contributed by atoms with E-state index >= 15 is 0 Å². The van der Waals surface area contributed by atoms with Gasteiger partial charge in [0.05, 0.1) is 0 Å². The molecule has 0 spiro atoms. The number of aromatic nitrogens is 2. The van der Waals surface area contributed by atoms with Crippen molar-refractivity contribution in [1.29, 1.82) is 0 Å². The van der Waals surface area contributed by atoms with Crippen LogP contribution in [0.25, 0.3) is 0 Å². The van der Waals surface area contributed by atoms with Crippen LogP contribution in [0.1, 0.15) is 40.7 Å². The van der Waals surface area contributed by atoms with Crippen LogP contribution < -0.4 is 10.6 Å². The molecule has 6 heteroatoms. The van der Waals surface area contributed by atoms with Crippen molar-refractivity contribution in [2.75, 3.05) is 6.54 Å². The number of nitrogens with zero attached hydrogens (tertiary/aromatic N) is 2. The van der Waals surface area contributed by atoms with Crippen molar-refractivity contribution < 1.29 is 9.18 Å². The summed E-state index contributed by atoms with van der Waals surface area (Å²) in [5.41, 5.74) is 3.08. The molecule has 0 fully saturated rings. The summed E-state index contributed by atoms with van der Waals surface area (Å²) in [7, 11) is 1.88. The van der Waals surface area contributed by atoms with Crippen molar-refractivity contribution in [2.45, 2.75) is 38.8 Å². The normalized spacial score (nSPS) is 16.7. The topological polar surface area (TPSA) is 59.0 Å². The molecule has 0 saturated carbocycles. The largest absolute Gasteiger partial charge is 0.346 e. The highest BCUT2D eigenvalue weighted by molar-refractivity contribution is 5.94. The minimum atomic E-state index is -0.312. The van der Waals surface area contributed by atoms with Crippen molar-refractivity contribution >= 4 is 5.91 Å². The van der Waals surface area contributed by atoms with E-state index in [0.717, 1.165) is 37.1 Å². The molecule has 24 heavy (non-hydrogen) atoms. The molecule has 0 bridgehead atoms. The summed E-state index contributed by atoms with van der Waals surface area (Å²) < 4.78 is 15.5. The van der Waals surface area contributed by atoms with E-state index < -0.39 is 0 Å². The first kappa shape index (κ1) is 16.6. The average molecular weight is 330 g/mol. The Bertz CT molecular complexity index is 741. The number of hydrogen-bond acceptors (Lipinski definition) is 3. The highest BCUT2D eigenvalue weighted by Gasteiger charge is 2.27. The highest BCUT2D eigenvalue weighted by atomic mass is 19.1. The van der Waals surface area contributed by atoms with Crippen molar-refractivity contribution in [1.82, 2.24) is 20.4 Å². The van der Waals surface area contributed by atoms with Gasteiger partial charge in [-0.3, -0.25) is 9.48 Å². The Hall–Kier alpha value is -2.21. The molecule has 1 aliphatic rings. The lowest BCUT2D eigenvalue weighted by atomic mass is 9.91. The molecule has 1 aromatic heterocycles. The van der Waals surface area contributed by atoms with Gasteiger partial charge >= 0.3 is 0 Å². The number of carbonyl (C=O) groups excluding carboxylic acids is 1. The maximum absolute atomic E-state index is 13.7. The minimum Gasteiger partial charge on any atom is -0.346 e. The van der Waals surface area contributed by atoms with Gasteiger partial charge in [0, 0.05) is 36.5 Å². The third-order valence-electron chi connectivity index (χ3n) is 4.56. The van der Waals surface area contributed by atoms with Gasteiger partial charge in [-0.2, -0.15) is 5.10 Å². The number of carbonyl (C=O) groups is 1. The van der Waals surface area contributed by atoms with Crippen LogP contribution in [0, 0.1) is 5.82 Å². The molecular weight excluding hydrogens is 307 g/mol. The van der Waals surface area contributed by atoms with E-state index in [-0.39, 0.29) is 18.3 Å². The third kappa shape index (κ3) is 3.33. The van der Waals surface area contributed by atoms with Gasteiger partial charge < -0.3 is 10.6 Å². The van der Waals surface area contributed by atoms with Crippen LogP contribution >= 0.6 is 0 Å². The lowest BCUT2D eigenvalue weighted by Crippen LogP contribution is -2.35. The fourth-order valence-electron chi connectivity index (χ4n) is 3.34. The molecule has 5 nitrogen and oxygen atoms in total. The van der Waals surface area contributed by atoms with Crippen molar-refractivity contribution in [3.8, 4) is 0 Å². The van der Waals surface area contributed by atoms with Gasteiger partial charge in [-0.15, -0.1) is 0 Å². The molecule has 1 aliphatic carbocycles. The zero-order valence-corrected chi connectivity index (χ0v) is 14.1. The van der Waals surface area contributed by atoms with Crippen molar-refractivity contribution in [2.24, 2.45) is 7.05 Å². The predicted molar refractivity (Wildman–Crippen MR) is 90.3 cm³/mol. The van der Waals surface area contributed by atoms with Crippen LogP contribution in [-0.2, 0) is 26.4 Å². The second-order valence-electron chi connectivity index (χ2n) is 6.17. The molecule has 1 heterocycles. The third-order valence-corrected chi connectivity index (χ3v) is 4.56. The molecule has 128 valence electrons. The number of rotatable bonds is 5. The molecule has 1 aromatic carbocycles. The van der Waals surface area contributed by atoms with E-state index in [1.54, 1.807) is 22.9 Å². The summed E-state index contributed by atoms with van der Waals surface area (Å²) in [6, 6.07) is 6.84. The molecule has 1 atom stereocenters. The number of aryl methyl sites for hydroxylation is 1. The quantitative estimate of drug-likeness (QED) is 0.881. The van der Waals surface area contributed by atoms with Crippen molar-refractivity contribution in [3.05, 3.63) is 52.6 Å². The average Bonchev–Trinajstić information content (AvgIpc) is 2.91. The number of halogens is 1. The first-order valence-corrected chi connectivity index (χ1v) is 8.39. The maximum atomic E-state index is 13.7. The zero-order valence-electron chi connectivity index (χ0n) is 14.1. The van der Waals surface area contributed by atoms with E-state index in [2.05, 4.69) is 22.7 Å². The Morgan fingerprint density at radius 2 is 2.21 bits per heavy atom. The van der Waals surface area contributed by atoms with E-state index in [1.807, 2.05) is 7.05 Å². The second kappa shape index (κ2) is 7.13. The molecule has 0 saturated heterocycles. The second-order valence-corrected chi connectivity index (χ2v) is 6.17. The number of benzene rings is 1. The summed E-state index contributed by atoms with van der Waals surface area (Å²) in [6.45, 7) is 3.16. The Kier molecular flexibility index (Phi) is 4.94. The summed E-state index contributed by atoms with van der Waals surface area (Å²) in [5.74, 6) is -0.555. The van der Waals surface area contributed by atoms with E-state index in [4.69, 9.17) is 0 Å². The molecule has 3 rings (SSSR count). The first-order chi connectivity index (χ1) is 11.6. The monoisotopic (exact) mass is 330 g/mol. The maximum Gasteiger partial charge on any atom is 0.272 e. The number of hydrogen-bond donors (Lipinski definition) is 2. The van der Waals surface area contributed by atoms with Gasteiger partial charge in [0.25, 0.3) is 5.91 Å². The van der Waals surface area contributed by atoms with Gasteiger partial charge in [-0.25, -0.2) is 4.39 Å². The summed E-state index contributed by atoms with van der Waals surface area (Å²) in [4.78, 5) is 12.5. The molecular formula is C18H23FN4O. The SMILES string of the molecule is CCNC1CCc2c(c(C(=O)NCc3ccccc3F)nn2C)C1. The van der Waals surface area contributed by atoms with Crippen LogP contribution in [-0.4, -0.2) is 28.3 Å². The lowest BCUT2D eigenvalue weighted by Gasteiger charge is -2.23. The van der Waals surface area contributed by atoms with E-state index in [9.17, 15) is 9.18 Å². The Morgan fingerprint density at radius 1 is 1.42 bits per heavy atom. The van der Waals surface area contributed by atoms with Crippen LogP contribution in [0.15, 0.2) is 24.3 Å². The fraction of sp³-hybridized carbons (Fsp3) is 0.444. The van der Waals surface area contributed by atoms with Gasteiger partial charge in [0.1, 0.15) is 5.82 Å². The number of fused-ring (bicyclic) bond motifs is 1. The van der Waals surface area contributed by atoms with Gasteiger partial charge in [0.2, 0.25) is 0 Å². The minimum absolute atomic E-state index is 0.160. The van der Waals surface area contributed by atoms with Crippen LogP contribution in [0.2, 0.25) is 0 Å². The number of likely N-dealkylation sites (N-methyl/N-ethyl adjacent to an activating group) is 1. The molecule has 1 unspecified atom stereocenters. The summed E-state index contributed by atoms with van der Waals surface area (Å²) in [5, 5.41) is 10.6. The van der Waals surface area contributed by atoms with Gasteiger partial charge in [-0.05, 0) is 31.9 Å². The first-order valence-electron chi connectivity index (χ1n) is 8.39. The van der Waals surface area contributed by atoms with Crippen LogP contribution in [0.3, 0.4) is 0 Å². The fourth-order valence-corrected chi connectivity index (χ4v) is 3.34. The summed E-state index contributed by atoms with van der Waals surface area (Å²) in [6.07, 6.45) is 2.77. The van der Waals surface area contributed by atoms with Gasteiger partial charge in [-0.1, -0.05) is 25.1 Å². The number of amides is 1.